The summed E-state index contributed by atoms with van der Waals surface area (Å²) >= 11 is 0. The van der Waals surface area contributed by atoms with Crippen LogP contribution in [-0.4, -0.2) is 42.6 Å². The molecule has 0 radical (unpaired) electrons. The van der Waals surface area contributed by atoms with E-state index in [1.165, 1.54) is 13.3 Å². The molecule has 2 aliphatic heterocycles. The van der Waals surface area contributed by atoms with Gasteiger partial charge >= 0.3 is 5.97 Å². The number of carbonyl (C=O) groups excluding carboxylic acids is 1. The number of hydrogen-bond donors (Lipinski definition) is 2. The van der Waals surface area contributed by atoms with Crippen LogP contribution in [0.4, 0.5) is 5.69 Å². The van der Waals surface area contributed by atoms with E-state index in [9.17, 15) is 14.7 Å². The minimum Gasteiger partial charge on any atom is -0.497 e. The van der Waals surface area contributed by atoms with Gasteiger partial charge in [0.25, 0.3) is 0 Å². The van der Waals surface area contributed by atoms with Crippen molar-refractivity contribution in [2.24, 2.45) is 0 Å². The first-order chi connectivity index (χ1) is 15.5. The summed E-state index contributed by atoms with van der Waals surface area (Å²) in [4.78, 5) is 24.6. The molecule has 2 aromatic carbocycles. The standard InChI is InChI=1S/C23H20N2O7/c1-29-14-5-3-4-13(8-14)25-10-16(23(27)28)20-21(25)15(9-19(26)24-20)12-6-17(30-2)22-18(7-12)31-11-32-22/h3-8,10,15H,9,11H2,1-2H3,(H,24,26)(H,27,28). The lowest BCUT2D eigenvalue weighted by atomic mass is 9.87. The number of methoxy groups -OCH3 is 2. The molecule has 0 saturated carbocycles. The van der Waals surface area contributed by atoms with E-state index in [2.05, 4.69) is 5.32 Å². The molecular weight excluding hydrogens is 416 g/mol. The summed E-state index contributed by atoms with van der Waals surface area (Å²) in [6.45, 7) is 0.0783. The van der Waals surface area contributed by atoms with Gasteiger partial charge in [0, 0.05) is 30.3 Å². The predicted molar refractivity (Wildman–Crippen MR) is 113 cm³/mol. The van der Waals surface area contributed by atoms with Crippen molar-refractivity contribution in [1.82, 2.24) is 4.57 Å². The van der Waals surface area contributed by atoms with Gasteiger partial charge in [-0.15, -0.1) is 0 Å². The molecule has 0 aliphatic carbocycles. The van der Waals surface area contributed by atoms with E-state index in [-0.39, 0.29) is 30.4 Å². The fourth-order valence-electron chi connectivity index (χ4n) is 4.23. The molecule has 0 spiro atoms. The van der Waals surface area contributed by atoms with Gasteiger partial charge in [0.2, 0.25) is 18.4 Å². The predicted octanol–water partition coefficient (Wildman–Crippen LogP) is 3.40. The van der Waals surface area contributed by atoms with Gasteiger partial charge in [-0.1, -0.05) is 6.07 Å². The maximum absolute atomic E-state index is 12.6. The Kier molecular flexibility index (Phi) is 4.66. The van der Waals surface area contributed by atoms with Gasteiger partial charge in [-0.2, -0.15) is 0 Å². The zero-order valence-electron chi connectivity index (χ0n) is 17.4. The molecule has 1 aromatic heterocycles. The first-order valence-corrected chi connectivity index (χ1v) is 9.90. The van der Waals surface area contributed by atoms with Gasteiger partial charge in [0.15, 0.2) is 11.5 Å². The quantitative estimate of drug-likeness (QED) is 0.631. The monoisotopic (exact) mass is 436 g/mol. The van der Waals surface area contributed by atoms with Crippen molar-refractivity contribution in [1.29, 1.82) is 0 Å². The zero-order valence-corrected chi connectivity index (χ0v) is 17.4. The Morgan fingerprint density at radius 2 is 2.03 bits per heavy atom. The fourth-order valence-corrected chi connectivity index (χ4v) is 4.23. The number of carbonyl (C=O) groups is 2. The van der Waals surface area contributed by atoms with Crippen molar-refractivity contribution in [2.75, 3.05) is 26.3 Å². The molecule has 3 aromatic rings. The first-order valence-electron chi connectivity index (χ1n) is 9.90. The van der Waals surface area contributed by atoms with Crippen LogP contribution < -0.4 is 24.3 Å². The Morgan fingerprint density at radius 1 is 1.19 bits per heavy atom. The van der Waals surface area contributed by atoms with Crippen LogP contribution in [0, 0.1) is 0 Å². The van der Waals surface area contributed by atoms with Crippen LogP contribution in [0.25, 0.3) is 5.69 Å². The highest BCUT2D eigenvalue weighted by atomic mass is 16.7. The molecule has 1 unspecified atom stereocenters. The average Bonchev–Trinajstić information content (AvgIpc) is 3.42. The van der Waals surface area contributed by atoms with Crippen molar-refractivity contribution in [3.63, 3.8) is 0 Å². The SMILES string of the molecule is COc1cccc(-n2cc(C(=O)O)c3c2C(c2cc(OC)c4c(c2)OCO4)CC(=O)N3)c1. The summed E-state index contributed by atoms with van der Waals surface area (Å²) in [7, 11) is 3.09. The molecule has 0 bridgehead atoms. The highest BCUT2D eigenvalue weighted by Crippen LogP contribution is 2.48. The topological polar surface area (TPSA) is 108 Å². The van der Waals surface area contributed by atoms with E-state index in [1.807, 2.05) is 12.1 Å². The zero-order chi connectivity index (χ0) is 22.4. The molecule has 2 N–H and O–H groups in total. The van der Waals surface area contributed by atoms with Crippen LogP contribution in [0.2, 0.25) is 0 Å². The number of aromatic nitrogens is 1. The van der Waals surface area contributed by atoms with E-state index in [0.717, 1.165) is 5.56 Å². The Morgan fingerprint density at radius 3 is 2.78 bits per heavy atom. The number of nitrogens with one attached hydrogen (secondary N) is 1. The molecule has 9 heteroatoms. The number of ether oxygens (including phenoxy) is 4. The molecule has 164 valence electrons. The number of fused-ring (bicyclic) bond motifs is 2. The van der Waals surface area contributed by atoms with E-state index in [1.54, 1.807) is 35.9 Å². The summed E-state index contributed by atoms with van der Waals surface area (Å²) in [5.74, 6) is 0.290. The molecule has 9 nitrogen and oxygen atoms in total. The molecule has 5 rings (SSSR count). The van der Waals surface area contributed by atoms with Crippen LogP contribution in [0.3, 0.4) is 0 Å². The Hall–Kier alpha value is -4.14. The van der Waals surface area contributed by atoms with E-state index < -0.39 is 11.9 Å². The Labute approximate surface area is 183 Å². The number of rotatable bonds is 5. The Bertz CT molecular complexity index is 1250. The molecule has 1 amide bonds. The second kappa shape index (κ2) is 7.52. The highest BCUT2D eigenvalue weighted by Gasteiger charge is 2.36. The van der Waals surface area contributed by atoms with E-state index >= 15 is 0 Å². The van der Waals surface area contributed by atoms with Gasteiger partial charge in [-0.05, 0) is 29.8 Å². The van der Waals surface area contributed by atoms with Crippen LogP contribution in [0.1, 0.15) is 34.0 Å². The third-order valence-electron chi connectivity index (χ3n) is 5.67. The van der Waals surface area contributed by atoms with Crippen molar-refractivity contribution in [2.45, 2.75) is 12.3 Å². The number of carboxylic acid groups (broad SMARTS) is 1. The van der Waals surface area contributed by atoms with E-state index in [4.69, 9.17) is 18.9 Å². The number of anilines is 1. The molecule has 0 fully saturated rings. The maximum Gasteiger partial charge on any atom is 0.339 e. The molecule has 0 saturated heterocycles. The van der Waals surface area contributed by atoms with Gasteiger partial charge < -0.3 is 33.9 Å². The first kappa shape index (κ1) is 19.8. The average molecular weight is 436 g/mol. The molecule has 32 heavy (non-hydrogen) atoms. The summed E-state index contributed by atoms with van der Waals surface area (Å²) in [5.41, 5.74) is 2.39. The third-order valence-corrected chi connectivity index (χ3v) is 5.67. The number of benzene rings is 2. The minimum atomic E-state index is -1.13. The van der Waals surface area contributed by atoms with Gasteiger partial charge in [0.05, 0.1) is 25.6 Å². The molecular formula is C23H20N2O7. The van der Waals surface area contributed by atoms with Gasteiger partial charge in [0.1, 0.15) is 11.3 Å². The van der Waals surface area contributed by atoms with Crippen LogP contribution in [-0.2, 0) is 4.79 Å². The van der Waals surface area contributed by atoms with E-state index in [0.29, 0.717) is 34.4 Å². The molecule has 1 atom stereocenters. The summed E-state index contributed by atoms with van der Waals surface area (Å²) in [6, 6.07) is 10.9. The van der Waals surface area contributed by atoms with Gasteiger partial charge in [-0.25, -0.2) is 4.79 Å². The Balaban J connectivity index is 1.74. The number of amides is 1. The van der Waals surface area contributed by atoms with Crippen molar-refractivity contribution in [3.05, 3.63) is 59.4 Å². The lowest BCUT2D eigenvalue weighted by Gasteiger charge is -2.26. The van der Waals surface area contributed by atoms with Crippen LogP contribution >= 0.6 is 0 Å². The summed E-state index contributed by atoms with van der Waals surface area (Å²) in [5, 5.41) is 12.6. The lowest BCUT2D eigenvalue weighted by Crippen LogP contribution is -2.25. The van der Waals surface area contributed by atoms with Crippen molar-refractivity contribution < 1.29 is 33.6 Å². The van der Waals surface area contributed by atoms with Crippen LogP contribution in [0.15, 0.2) is 42.6 Å². The molecule has 3 heterocycles. The number of aromatic carboxylic acids is 1. The minimum absolute atomic E-state index is 0.00794. The second-order valence-corrected chi connectivity index (χ2v) is 7.44. The fraction of sp³-hybridized carbons (Fsp3) is 0.217. The summed E-state index contributed by atoms with van der Waals surface area (Å²) < 4.78 is 23.6. The van der Waals surface area contributed by atoms with Crippen molar-refractivity contribution in [3.8, 4) is 28.7 Å². The largest absolute Gasteiger partial charge is 0.497 e. The highest BCUT2D eigenvalue weighted by molar-refractivity contribution is 6.04. The summed E-state index contributed by atoms with van der Waals surface area (Å²) in [6.07, 6.45) is 1.65. The normalized spacial score (nSPS) is 16.3. The maximum atomic E-state index is 12.6. The number of carboxylic acids is 1. The molecule has 2 aliphatic rings. The lowest BCUT2D eigenvalue weighted by molar-refractivity contribution is -0.116. The van der Waals surface area contributed by atoms with Crippen LogP contribution in [0.5, 0.6) is 23.0 Å². The second-order valence-electron chi connectivity index (χ2n) is 7.44. The smallest absolute Gasteiger partial charge is 0.339 e. The third kappa shape index (κ3) is 3.09. The number of nitrogens with zero attached hydrogens (tertiary/aromatic N) is 1. The van der Waals surface area contributed by atoms with Gasteiger partial charge in [-0.3, -0.25) is 4.79 Å². The number of hydrogen-bond acceptors (Lipinski definition) is 6. The van der Waals surface area contributed by atoms with Crippen molar-refractivity contribution >= 4 is 17.6 Å².